The second kappa shape index (κ2) is 9.30. The van der Waals surface area contributed by atoms with Gasteiger partial charge in [-0.15, -0.1) is 0 Å². The molecule has 0 saturated heterocycles. The molecule has 0 radical (unpaired) electrons. The van der Waals surface area contributed by atoms with Crippen LogP contribution < -0.4 is 0 Å². The van der Waals surface area contributed by atoms with Gasteiger partial charge in [-0.3, -0.25) is 4.79 Å². The van der Waals surface area contributed by atoms with Crippen LogP contribution in [0.4, 0.5) is 0 Å². The van der Waals surface area contributed by atoms with Crippen LogP contribution in [0.15, 0.2) is 47.1 Å². The fraction of sp³-hybridized carbons (Fsp3) is 0.542. The van der Waals surface area contributed by atoms with Crippen molar-refractivity contribution in [1.82, 2.24) is 9.47 Å². The Bertz CT molecular complexity index is 767. The minimum absolute atomic E-state index is 0.0173. The standard InChI is InChI=1S/C24H33BrN2O/c1-24(2,3)16-23(28)27(21-8-5-4-6-9-21)18-22-10-7-15-26(22)17-19-11-13-20(25)14-12-19/h7,10-15,21H,4-6,8-9,16-18H2,1-3H3. The van der Waals surface area contributed by atoms with Crippen LogP contribution in [0, 0.1) is 5.41 Å². The molecule has 3 rings (SSSR count). The second-order valence-corrected chi connectivity index (χ2v) is 10.2. The molecule has 152 valence electrons. The Morgan fingerprint density at radius 1 is 1.11 bits per heavy atom. The van der Waals surface area contributed by atoms with Crippen LogP contribution in [0.3, 0.4) is 0 Å². The smallest absolute Gasteiger partial charge is 0.223 e. The summed E-state index contributed by atoms with van der Waals surface area (Å²) in [6.07, 6.45) is 8.81. The van der Waals surface area contributed by atoms with Crippen molar-refractivity contribution in [2.75, 3.05) is 0 Å². The van der Waals surface area contributed by atoms with Gasteiger partial charge in [0.25, 0.3) is 0 Å². The van der Waals surface area contributed by atoms with E-state index in [1.54, 1.807) is 0 Å². The van der Waals surface area contributed by atoms with Gasteiger partial charge in [-0.1, -0.05) is 68.1 Å². The molecule has 28 heavy (non-hydrogen) atoms. The van der Waals surface area contributed by atoms with Crippen LogP contribution in [-0.4, -0.2) is 21.4 Å². The van der Waals surface area contributed by atoms with Gasteiger partial charge in [-0.2, -0.15) is 0 Å². The number of carbonyl (C=O) groups excluding carboxylic acids is 1. The first kappa shape index (κ1) is 21.2. The van der Waals surface area contributed by atoms with E-state index in [1.165, 1.54) is 30.5 Å². The number of benzene rings is 1. The normalized spacial score (nSPS) is 15.6. The monoisotopic (exact) mass is 444 g/mol. The van der Waals surface area contributed by atoms with Gasteiger partial charge in [-0.05, 0) is 48.1 Å². The number of hydrogen-bond donors (Lipinski definition) is 0. The fourth-order valence-corrected chi connectivity index (χ4v) is 4.34. The molecule has 1 aliphatic carbocycles. The van der Waals surface area contributed by atoms with E-state index < -0.39 is 0 Å². The number of carbonyl (C=O) groups is 1. The summed E-state index contributed by atoms with van der Waals surface area (Å²) in [6.45, 7) is 8.01. The first-order valence-electron chi connectivity index (χ1n) is 10.5. The summed E-state index contributed by atoms with van der Waals surface area (Å²) in [7, 11) is 0. The lowest BCUT2D eigenvalue weighted by Gasteiger charge is -2.36. The molecule has 0 N–H and O–H groups in total. The lowest BCUT2D eigenvalue weighted by Crippen LogP contribution is -2.42. The van der Waals surface area contributed by atoms with Crippen LogP contribution in [-0.2, 0) is 17.9 Å². The molecule has 4 heteroatoms. The van der Waals surface area contributed by atoms with Crippen molar-refractivity contribution < 1.29 is 4.79 Å². The Kier molecular flexibility index (Phi) is 7.03. The largest absolute Gasteiger partial charge is 0.345 e. The van der Waals surface area contributed by atoms with Crippen LogP contribution in [0.1, 0.15) is 70.6 Å². The Labute approximate surface area is 178 Å². The quantitative estimate of drug-likeness (QED) is 0.505. The highest BCUT2D eigenvalue weighted by molar-refractivity contribution is 9.10. The maximum atomic E-state index is 13.2. The first-order chi connectivity index (χ1) is 13.3. The molecular formula is C24H33BrN2O. The zero-order valence-electron chi connectivity index (χ0n) is 17.5. The SMILES string of the molecule is CC(C)(C)CC(=O)N(Cc1cccn1Cc1ccc(Br)cc1)C1CCCCC1. The zero-order valence-corrected chi connectivity index (χ0v) is 19.0. The average Bonchev–Trinajstić information content (AvgIpc) is 3.07. The van der Waals surface area contributed by atoms with Crippen LogP contribution in [0.25, 0.3) is 0 Å². The van der Waals surface area contributed by atoms with Gasteiger partial charge in [0, 0.05) is 35.4 Å². The van der Waals surface area contributed by atoms with E-state index in [9.17, 15) is 4.79 Å². The summed E-state index contributed by atoms with van der Waals surface area (Å²) in [4.78, 5) is 15.4. The number of nitrogens with zero attached hydrogens (tertiary/aromatic N) is 2. The molecule has 0 bridgehead atoms. The summed E-state index contributed by atoms with van der Waals surface area (Å²) in [5, 5.41) is 0. The molecule has 2 aromatic rings. The van der Waals surface area contributed by atoms with Crippen molar-refractivity contribution >= 4 is 21.8 Å². The Morgan fingerprint density at radius 3 is 2.43 bits per heavy atom. The van der Waals surface area contributed by atoms with Crippen molar-refractivity contribution in [1.29, 1.82) is 0 Å². The van der Waals surface area contributed by atoms with Crippen molar-refractivity contribution in [3.8, 4) is 0 Å². The summed E-state index contributed by atoms with van der Waals surface area (Å²) in [5.74, 6) is 0.302. The Balaban J connectivity index is 1.77. The number of rotatable bonds is 6. The van der Waals surface area contributed by atoms with Gasteiger partial charge in [0.2, 0.25) is 5.91 Å². The van der Waals surface area contributed by atoms with E-state index in [0.717, 1.165) is 23.9 Å². The highest BCUT2D eigenvalue weighted by Crippen LogP contribution is 2.28. The molecule has 1 aromatic heterocycles. The molecule has 0 unspecified atom stereocenters. The van der Waals surface area contributed by atoms with Crippen LogP contribution in [0.2, 0.25) is 0 Å². The van der Waals surface area contributed by atoms with Gasteiger partial charge >= 0.3 is 0 Å². The molecule has 0 spiro atoms. The lowest BCUT2D eigenvalue weighted by molar-refractivity contribution is -0.137. The lowest BCUT2D eigenvalue weighted by atomic mass is 9.89. The number of amides is 1. The summed E-state index contributed by atoms with van der Waals surface area (Å²) in [6, 6.07) is 13.1. The summed E-state index contributed by atoms with van der Waals surface area (Å²) in [5.41, 5.74) is 2.50. The third-order valence-electron chi connectivity index (χ3n) is 5.54. The highest BCUT2D eigenvalue weighted by Gasteiger charge is 2.28. The first-order valence-corrected chi connectivity index (χ1v) is 11.3. The molecule has 1 aromatic carbocycles. The molecule has 0 atom stereocenters. The van der Waals surface area contributed by atoms with E-state index in [2.05, 4.69) is 88.8 Å². The molecule has 3 nitrogen and oxygen atoms in total. The van der Waals surface area contributed by atoms with Crippen molar-refractivity contribution in [2.45, 2.75) is 78.4 Å². The Hall–Kier alpha value is -1.55. The van der Waals surface area contributed by atoms with Gasteiger partial charge in [0.05, 0.1) is 6.54 Å². The molecule has 1 aliphatic rings. The van der Waals surface area contributed by atoms with E-state index in [1.807, 2.05) is 0 Å². The molecule has 0 aliphatic heterocycles. The maximum Gasteiger partial charge on any atom is 0.223 e. The van der Waals surface area contributed by atoms with E-state index in [4.69, 9.17) is 0 Å². The van der Waals surface area contributed by atoms with Crippen molar-refractivity contribution in [2.24, 2.45) is 5.41 Å². The predicted octanol–water partition coefficient (Wildman–Crippen LogP) is 6.40. The molecule has 1 fully saturated rings. The maximum absolute atomic E-state index is 13.2. The second-order valence-electron chi connectivity index (χ2n) is 9.30. The third kappa shape index (κ3) is 5.97. The zero-order chi connectivity index (χ0) is 20.1. The predicted molar refractivity (Wildman–Crippen MR) is 119 cm³/mol. The van der Waals surface area contributed by atoms with E-state index in [0.29, 0.717) is 24.9 Å². The van der Waals surface area contributed by atoms with Gasteiger partial charge in [0.15, 0.2) is 0 Å². The summed E-state index contributed by atoms with van der Waals surface area (Å²) >= 11 is 3.50. The van der Waals surface area contributed by atoms with Gasteiger partial charge < -0.3 is 9.47 Å². The minimum Gasteiger partial charge on any atom is -0.345 e. The van der Waals surface area contributed by atoms with Gasteiger partial charge in [0.1, 0.15) is 0 Å². The molecule has 1 heterocycles. The molecule has 1 saturated carbocycles. The van der Waals surface area contributed by atoms with Crippen molar-refractivity contribution in [3.63, 3.8) is 0 Å². The van der Waals surface area contributed by atoms with Crippen LogP contribution in [0.5, 0.6) is 0 Å². The number of aromatic nitrogens is 1. The van der Waals surface area contributed by atoms with E-state index in [-0.39, 0.29) is 5.41 Å². The van der Waals surface area contributed by atoms with Crippen LogP contribution >= 0.6 is 15.9 Å². The number of halogens is 1. The summed E-state index contributed by atoms with van der Waals surface area (Å²) < 4.78 is 3.38. The number of hydrogen-bond acceptors (Lipinski definition) is 1. The third-order valence-corrected chi connectivity index (χ3v) is 6.07. The topological polar surface area (TPSA) is 25.2 Å². The van der Waals surface area contributed by atoms with Gasteiger partial charge in [-0.25, -0.2) is 0 Å². The minimum atomic E-state index is 0.0173. The fourth-order valence-electron chi connectivity index (χ4n) is 4.08. The van der Waals surface area contributed by atoms with Crippen molar-refractivity contribution in [3.05, 3.63) is 58.3 Å². The molecule has 1 amide bonds. The molecular weight excluding hydrogens is 412 g/mol. The highest BCUT2D eigenvalue weighted by atomic mass is 79.9. The van der Waals surface area contributed by atoms with E-state index >= 15 is 0 Å². The average molecular weight is 445 g/mol. The Morgan fingerprint density at radius 2 is 1.79 bits per heavy atom.